The third-order valence-corrected chi connectivity index (χ3v) is 8.64. The van der Waals surface area contributed by atoms with Crippen LogP contribution in [-0.2, 0) is 30.0 Å². The van der Waals surface area contributed by atoms with Crippen LogP contribution in [0.3, 0.4) is 0 Å². The molecule has 0 aliphatic rings. The van der Waals surface area contributed by atoms with Gasteiger partial charge in [-0.3, -0.25) is 0 Å². The topological polar surface area (TPSA) is 36.9 Å². The predicted molar refractivity (Wildman–Crippen MR) is 189 cm³/mol. The molecule has 4 nitrogen and oxygen atoms in total. The second-order valence-corrected chi connectivity index (χ2v) is 11.4. The van der Waals surface area contributed by atoms with E-state index >= 15 is 0 Å². The first kappa shape index (κ1) is 31.7. The first-order valence-electron chi connectivity index (χ1n) is 16.0. The lowest BCUT2D eigenvalue weighted by molar-refractivity contribution is 0.000209. The van der Waals surface area contributed by atoms with Crippen LogP contribution in [0.15, 0.2) is 152 Å². The molecule has 0 spiro atoms. The first-order valence-corrected chi connectivity index (χ1v) is 16.0. The van der Waals surface area contributed by atoms with E-state index in [1.807, 2.05) is 42.5 Å². The van der Waals surface area contributed by atoms with Gasteiger partial charge in [0.25, 0.3) is 0 Å². The van der Waals surface area contributed by atoms with E-state index in [4.69, 9.17) is 18.9 Å². The molecule has 0 aromatic heterocycles. The van der Waals surface area contributed by atoms with Gasteiger partial charge in [0, 0.05) is 0 Å². The highest BCUT2D eigenvalue weighted by molar-refractivity contribution is 5.65. The Morgan fingerprint density at radius 3 is 1.62 bits per heavy atom. The van der Waals surface area contributed by atoms with E-state index in [0.717, 1.165) is 57.1 Å². The third kappa shape index (κ3) is 7.09. The fraction of sp³-hybridized carbons (Fsp3) is 0.163. The fourth-order valence-electron chi connectivity index (χ4n) is 6.05. The molecule has 47 heavy (non-hydrogen) atoms. The molecule has 0 N–H and O–H groups in total. The number of benzene rings is 6. The number of ether oxygens (including phenoxy) is 4. The minimum absolute atomic E-state index is 0.388. The smallest absolute Gasteiger partial charge is 0.144 e. The third-order valence-electron chi connectivity index (χ3n) is 8.64. The average Bonchev–Trinajstić information content (AvgIpc) is 3.15. The summed E-state index contributed by atoms with van der Waals surface area (Å²) in [6.07, 6.45) is 0.991. The van der Waals surface area contributed by atoms with Gasteiger partial charge in [0.1, 0.15) is 29.5 Å². The summed E-state index contributed by atoms with van der Waals surface area (Å²) < 4.78 is 24.3. The van der Waals surface area contributed by atoms with E-state index < -0.39 is 5.60 Å². The van der Waals surface area contributed by atoms with Crippen LogP contribution in [0, 0.1) is 0 Å². The SMILES string of the molecule is CCc1ccccc1COc1ccc(-c2cccc(COC(c3ccccc3)(c3ccc(OC)cc3)c3ccc(OC)cc3)c2)cc1. The number of hydrogen-bond acceptors (Lipinski definition) is 4. The van der Waals surface area contributed by atoms with Crippen molar-refractivity contribution in [3.8, 4) is 28.4 Å². The minimum Gasteiger partial charge on any atom is -0.497 e. The van der Waals surface area contributed by atoms with Gasteiger partial charge in [-0.25, -0.2) is 0 Å². The molecule has 0 amide bonds. The van der Waals surface area contributed by atoms with Crippen LogP contribution in [0.4, 0.5) is 0 Å². The molecule has 0 radical (unpaired) electrons. The van der Waals surface area contributed by atoms with Crippen molar-refractivity contribution in [3.63, 3.8) is 0 Å². The van der Waals surface area contributed by atoms with Crippen LogP contribution in [0.5, 0.6) is 17.2 Å². The maximum absolute atomic E-state index is 7.12. The minimum atomic E-state index is -0.884. The fourth-order valence-corrected chi connectivity index (χ4v) is 6.05. The summed E-state index contributed by atoms with van der Waals surface area (Å²) >= 11 is 0. The van der Waals surface area contributed by atoms with Crippen molar-refractivity contribution in [2.45, 2.75) is 32.2 Å². The van der Waals surface area contributed by atoms with Crippen molar-refractivity contribution in [2.24, 2.45) is 0 Å². The number of methoxy groups -OCH3 is 2. The van der Waals surface area contributed by atoms with Gasteiger partial charge < -0.3 is 18.9 Å². The van der Waals surface area contributed by atoms with Gasteiger partial charge in [0.2, 0.25) is 0 Å². The second-order valence-electron chi connectivity index (χ2n) is 11.4. The van der Waals surface area contributed by atoms with Crippen molar-refractivity contribution < 1.29 is 18.9 Å². The second kappa shape index (κ2) is 14.8. The van der Waals surface area contributed by atoms with Crippen LogP contribution in [0.1, 0.15) is 40.3 Å². The van der Waals surface area contributed by atoms with Crippen molar-refractivity contribution in [1.82, 2.24) is 0 Å². The highest BCUT2D eigenvalue weighted by atomic mass is 16.5. The molecule has 236 valence electrons. The van der Waals surface area contributed by atoms with Gasteiger partial charge in [-0.05, 0) is 93.4 Å². The number of aryl methyl sites for hydroxylation is 1. The zero-order valence-electron chi connectivity index (χ0n) is 27.2. The largest absolute Gasteiger partial charge is 0.497 e. The summed E-state index contributed by atoms with van der Waals surface area (Å²) in [7, 11) is 3.36. The Morgan fingerprint density at radius 1 is 0.468 bits per heavy atom. The van der Waals surface area contributed by atoms with Gasteiger partial charge in [0.15, 0.2) is 0 Å². The van der Waals surface area contributed by atoms with E-state index in [1.54, 1.807) is 14.2 Å². The molecular weight excluding hydrogens is 580 g/mol. The lowest BCUT2D eigenvalue weighted by Gasteiger charge is -2.36. The zero-order chi connectivity index (χ0) is 32.5. The normalized spacial score (nSPS) is 11.2. The molecule has 0 bridgehead atoms. The standard InChI is InChI=1S/C43H40O4/c1-4-33-12-8-9-13-36(33)31-46-42-23-17-34(18-24-42)35-14-10-11-32(29-35)30-47-43(37-15-6-5-7-16-37,38-19-25-40(44-2)26-20-38)39-21-27-41(45-3)28-22-39/h5-29H,4,30-31H2,1-3H3. The molecule has 6 rings (SSSR count). The highest BCUT2D eigenvalue weighted by Gasteiger charge is 2.38. The van der Waals surface area contributed by atoms with E-state index in [2.05, 4.69) is 116 Å². The molecule has 6 aromatic carbocycles. The molecule has 0 aliphatic heterocycles. The highest BCUT2D eigenvalue weighted by Crippen LogP contribution is 2.42. The summed E-state index contributed by atoms with van der Waals surface area (Å²) in [6.45, 7) is 3.12. The van der Waals surface area contributed by atoms with Crippen molar-refractivity contribution in [3.05, 3.63) is 185 Å². The van der Waals surface area contributed by atoms with Crippen LogP contribution in [0.2, 0.25) is 0 Å². The van der Waals surface area contributed by atoms with E-state index in [9.17, 15) is 0 Å². The van der Waals surface area contributed by atoms with Crippen LogP contribution >= 0.6 is 0 Å². The molecule has 6 aromatic rings. The molecule has 0 saturated heterocycles. The van der Waals surface area contributed by atoms with Crippen LogP contribution in [-0.4, -0.2) is 14.2 Å². The van der Waals surface area contributed by atoms with E-state index in [1.165, 1.54) is 11.1 Å². The number of hydrogen-bond donors (Lipinski definition) is 0. The van der Waals surface area contributed by atoms with Gasteiger partial charge in [0.05, 0.1) is 20.8 Å². The lowest BCUT2D eigenvalue weighted by Crippen LogP contribution is -2.32. The van der Waals surface area contributed by atoms with Crippen LogP contribution < -0.4 is 14.2 Å². The number of rotatable bonds is 13. The Hall–Kier alpha value is -5.32. The Morgan fingerprint density at radius 2 is 1.02 bits per heavy atom. The van der Waals surface area contributed by atoms with Gasteiger partial charge in [-0.15, -0.1) is 0 Å². The first-order chi connectivity index (χ1) is 23.1. The predicted octanol–water partition coefficient (Wildman–Crippen LogP) is 10.0. The Labute approximate surface area is 278 Å². The molecule has 0 fully saturated rings. The molecule has 0 saturated carbocycles. The Kier molecular flexibility index (Phi) is 10.00. The summed E-state index contributed by atoms with van der Waals surface area (Å²) in [5.74, 6) is 2.44. The molecular formula is C43H40O4. The molecule has 0 atom stereocenters. The average molecular weight is 621 g/mol. The molecule has 4 heteroatoms. The zero-order valence-corrected chi connectivity index (χ0v) is 27.2. The van der Waals surface area contributed by atoms with Crippen LogP contribution in [0.25, 0.3) is 11.1 Å². The monoisotopic (exact) mass is 620 g/mol. The van der Waals surface area contributed by atoms with E-state index in [-0.39, 0.29) is 0 Å². The summed E-state index contributed by atoms with van der Waals surface area (Å²) in [4.78, 5) is 0. The van der Waals surface area contributed by atoms with E-state index in [0.29, 0.717) is 13.2 Å². The molecule has 0 aliphatic carbocycles. The van der Waals surface area contributed by atoms with Crippen molar-refractivity contribution in [2.75, 3.05) is 14.2 Å². The maximum atomic E-state index is 7.12. The van der Waals surface area contributed by atoms with Crippen molar-refractivity contribution in [1.29, 1.82) is 0 Å². The Balaban J connectivity index is 1.28. The maximum Gasteiger partial charge on any atom is 0.144 e. The molecule has 0 heterocycles. The quantitative estimate of drug-likeness (QED) is 0.120. The van der Waals surface area contributed by atoms with Crippen molar-refractivity contribution >= 4 is 0 Å². The van der Waals surface area contributed by atoms with Gasteiger partial charge >= 0.3 is 0 Å². The molecule has 0 unspecified atom stereocenters. The summed E-state index contributed by atoms with van der Waals surface area (Å²) in [5.41, 5.74) is 8.00. The Bertz CT molecular complexity index is 1810. The summed E-state index contributed by atoms with van der Waals surface area (Å²) in [5, 5.41) is 0. The van der Waals surface area contributed by atoms with Gasteiger partial charge in [-0.2, -0.15) is 0 Å². The summed E-state index contributed by atoms with van der Waals surface area (Å²) in [6, 6.07) is 51.9. The lowest BCUT2D eigenvalue weighted by atomic mass is 9.80. The van der Waals surface area contributed by atoms with Gasteiger partial charge in [-0.1, -0.05) is 116 Å².